The molecule has 3 N–H and O–H groups in total. The van der Waals surface area contributed by atoms with Crippen molar-refractivity contribution in [2.24, 2.45) is 0 Å². The van der Waals surface area contributed by atoms with E-state index in [1.54, 1.807) is 24.3 Å². The van der Waals surface area contributed by atoms with Gasteiger partial charge < -0.3 is 15.7 Å². The minimum absolute atomic E-state index is 0.442. The Morgan fingerprint density at radius 1 is 1.17 bits per heavy atom. The van der Waals surface area contributed by atoms with Crippen LogP contribution in [0, 0.1) is 11.3 Å². The summed E-state index contributed by atoms with van der Waals surface area (Å²) >= 11 is 0. The van der Waals surface area contributed by atoms with Gasteiger partial charge >= 0.3 is 0 Å². The number of carbonyl (C=O) groups is 1. The zero-order valence-corrected chi connectivity index (χ0v) is 12.5. The van der Waals surface area contributed by atoms with Crippen molar-refractivity contribution in [3.8, 4) is 6.07 Å². The summed E-state index contributed by atoms with van der Waals surface area (Å²) in [5.41, 5.74) is 3.16. The third-order valence-electron chi connectivity index (χ3n) is 3.06. The lowest BCUT2D eigenvalue weighted by atomic mass is 10.1. The van der Waals surface area contributed by atoms with E-state index in [9.17, 15) is 4.79 Å². The van der Waals surface area contributed by atoms with E-state index in [4.69, 9.17) is 10.4 Å². The van der Waals surface area contributed by atoms with Crippen LogP contribution in [0.3, 0.4) is 0 Å². The topological polar surface area (TPSA) is 85.2 Å². The van der Waals surface area contributed by atoms with Gasteiger partial charge in [0.05, 0.1) is 11.6 Å². The van der Waals surface area contributed by atoms with Crippen LogP contribution in [0.25, 0.3) is 6.08 Å². The zero-order chi connectivity index (χ0) is 16.5. The van der Waals surface area contributed by atoms with Gasteiger partial charge in [-0.1, -0.05) is 30.4 Å². The molecule has 0 aliphatic carbocycles. The fraction of sp³-hybridized carbons (Fsp3) is 0.111. The SMILES string of the molecule is N#Cc1ccc(/C=C/CNc2cccc(NC(=O)CO)c2)cc1. The van der Waals surface area contributed by atoms with Crippen LogP contribution in [0.1, 0.15) is 11.1 Å². The number of aliphatic hydroxyl groups excluding tert-OH is 1. The molecule has 116 valence electrons. The molecule has 5 heteroatoms. The van der Waals surface area contributed by atoms with Crippen LogP contribution in [0.15, 0.2) is 54.6 Å². The quantitative estimate of drug-likeness (QED) is 0.766. The Bertz CT molecular complexity index is 731. The number of nitrogens with one attached hydrogen (secondary N) is 2. The summed E-state index contributed by atoms with van der Waals surface area (Å²) in [7, 11) is 0. The van der Waals surface area contributed by atoms with Crippen molar-refractivity contribution in [2.75, 3.05) is 23.8 Å². The molecule has 0 fully saturated rings. The molecule has 5 nitrogen and oxygen atoms in total. The van der Waals surface area contributed by atoms with E-state index in [0.717, 1.165) is 11.3 Å². The van der Waals surface area contributed by atoms with E-state index in [2.05, 4.69) is 16.7 Å². The van der Waals surface area contributed by atoms with Gasteiger partial charge in [0.25, 0.3) is 0 Å². The number of rotatable bonds is 6. The predicted octanol–water partition coefficient (Wildman–Crippen LogP) is 2.61. The molecule has 0 aliphatic heterocycles. The molecule has 0 saturated heterocycles. The predicted molar refractivity (Wildman–Crippen MR) is 90.8 cm³/mol. The van der Waals surface area contributed by atoms with Gasteiger partial charge in [-0.15, -0.1) is 0 Å². The zero-order valence-electron chi connectivity index (χ0n) is 12.5. The smallest absolute Gasteiger partial charge is 0.250 e. The van der Waals surface area contributed by atoms with Gasteiger partial charge in [-0.25, -0.2) is 0 Å². The monoisotopic (exact) mass is 307 g/mol. The molecular formula is C18H17N3O2. The van der Waals surface area contributed by atoms with Gasteiger partial charge in [0.15, 0.2) is 0 Å². The summed E-state index contributed by atoms with van der Waals surface area (Å²) in [5.74, 6) is -0.442. The summed E-state index contributed by atoms with van der Waals surface area (Å²) in [5, 5.41) is 23.3. The minimum Gasteiger partial charge on any atom is -0.387 e. The Labute approximate surface area is 134 Å². The molecule has 0 unspecified atom stereocenters. The highest BCUT2D eigenvalue weighted by Gasteiger charge is 2.00. The van der Waals surface area contributed by atoms with E-state index in [1.165, 1.54) is 0 Å². The molecule has 0 bridgehead atoms. The molecule has 1 amide bonds. The Balaban J connectivity index is 1.88. The molecule has 0 atom stereocenters. The van der Waals surface area contributed by atoms with Crippen molar-refractivity contribution in [3.63, 3.8) is 0 Å². The van der Waals surface area contributed by atoms with E-state index in [0.29, 0.717) is 17.8 Å². The fourth-order valence-electron chi connectivity index (χ4n) is 1.95. The number of hydrogen-bond acceptors (Lipinski definition) is 4. The lowest BCUT2D eigenvalue weighted by Gasteiger charge is -2.07. The highest BCUT2D eigenvalue weighted by Crippen LogP contribution is 2.15. The standard InChI is InChI=1S/C18H17N3O2/c19-12-15-8-6-14(7-9-15)3-2-10-20-16-4-1-5-17(11-16)21-18(23)13-22/h1-9,11,20,22H,10,13H2,(H,21,23)/b3-2+. The average molecular weight is 307 g/mol. The van der Waals surface area contributed by atoms with Crippen molar-refractivity contribution >= 4 is 23.4 Å². The van der Waals surface area contributed by atoms with Crippen LogP contribution in [0.5, 0.6) is 0 Å². The number of nitrogens with zero attached hydrogens (tertiary/aromatic N) is 1. The van der Waals surface area contributed by atoms with Crippen LogP contribution >= 0.6 is 0 Å². The largest absolute Gasteiger partial charge is 0.387 e. The maximum Gasteiger partial charge on any atom is 0.250 e. The molecule has 0 spiro atoms. The van der Waals surface area contributed by atoms with Crippen LogP contribution in [0.4, 0.5) is 11.4 Å². The molecule has 0 heterocycles. The Kier molecular flexibility index (Phi) is 5.92. The molecule has 0 aromatic heterocycles. The maximum atomic E-state index is 11.1. The number of hydrogen-bond donors (Lipinski definition) is 3. The lowest BCUT2D eigenvalue weighted by molar-refractivity contribution is -0.118. The average Bonchev–Trinajstić information content (AvgIpc) is 2.59. The van der Waals surface area contributed by atoms with Crippen LogP contribution in [-0.2, 0) is 4.79 Å². The first-order chi connectivity index (χ1) is 11.2. The molecule has 0 radical (unpaired) electrons. The second kappa shape index (κ2) is 8.37. The molecule has 0 aliphatic rings. The van der Waals surface area contributed by atoms with Crippen LogP contribution in [-0.4, -0.2) is 24.2 Å². The van der Waals surface area contributed by atoms with Gasteiger partial charge in [-0.3, -0.25) is 4.79 Å². The summed E-state index contributed by atoms with van der Waals surface area (Å²) < 4.78 is 0. The molecule has 23 heavy (non-hydrogen) atoms. The van der Waals surface area contributed by atoms with Gasteiger partial charge in [0.1, 0.15) is 6.61 Å². The number of aliphatic hydroxyl groups is 1. The number of carbonyl (C=O) groups excluding carboxylic acids is 1. The van der Waals surface area contributed by atoms with Gasteiger partial charge in [0, 0.05) is 17.9 Å². The number of anilines is 2. The highest BCUT2D eigenvalue weighted by atomic mass is 16.3. The number of benzene rings is 2. The van der Waals surface area contributed by atoms with Crippen molar-refractivity contribution < 1.29 is 9.90 Å². The second-order valence-corrected chi connectivity index (χ2v) is 4.80. The van der Waals surface area contributed by atoms with Crippen molar-refractivity contribution in [2.45, 2.75) is 0 Å². The minimum atomic E-state index is -0.537. The van der Waals surface area contributed by atoms with Crippen LogP contribution in [0.2, 0.25) is 0 Å². The highest BCUT2D eigenvalue weighted by molar-refractivity contribution is 5.91. The van der Waals surface area contributed by atoms with Crippen LogP contribution < -0.4 is 10.6 Å². The molecule has 2 aromatic carbocycles. The van der Waals surface area contributed by atoms with E-state index >= 15 is 0 Å². The number of amides is 1. The normalized spacial score (nSPS) is 10.3. The fourth-order valence-corrected chi connectivity index (χ4v) is 1.95. The third-order valence-corrected chi connectivity index (χ3v) is 3.06. The Hall–Kier alpha value is -3.10. The van der Waals surface area contributed by atoms with Crippen molar-refractivity contribution in [1.82, 2.24) is 0 Å². The van der Waals surface area contributed by atoms with E-state index in [1.807, 2.05) is 36.4 Å². The molecular weight excluding hydrogens is 290 g/mol. The van der Waals surface area contributed by atoms with Gasteiger partial charge in [-0.2, -0.15) is 5.26 Å². The maximum absolute atomic E-state index is 11.1. The van der Waals surface area contributed by atoms with E-state index < -0.39 is 12.5 Å². The van der Waals surface area contributed by atoms with Crippen molar-refractivity contribution in [3.05, 3.63) is 65.7 Å². The third kappa shape index (κ3) is 5.30. The molecule has 2 aromatic rings. The first kappa shape index (κ1) is 16.3. The molecule has 0 saturated carbocycles. The van der Waals surface area contributed by atoms with Crippen molar-refractivity contribution in [1.29, 1.82) is 5.26 Å². The summed E-state index contributed by atoms with van der Waals surface area (Å²) in [4.78, 5) is 11.1. The summed E-state index contributed by atoms with van der Waals surface area (Å²) in [6.45, 7) is 0.0857. The molecule has 2 rings (SSSR count). The first-order valence-electron chi connectivity index (χ1n) is 7.12. The summed E-state index contributed by atoms with van der Waals surface area (Å²) in [6.07, 6.45) is 3.94. The van der Waals surface area contributed by atoms with Gasteiger partial charge in [0.2, 0.25) is 5.91 Å². The van der Waals surface area contributed by atoms with E-state index in [-0.39, 0.29) is 0 Å². The first-order valence-corrected chi connectivity index (χ1v) is 7.12. The Morgan fingerprint density at radius 3 is 2.61 bits per heavy atom. The van der Waals surface area contributed by atoms with Gasteiger partial charge in [-0.05, 0) is 35.9 Å². The lowest BCUT2D eigenvalue weighted by Crippen LogP contribution is -2.15. The second-order valence-electron chi connectivity index (χ2n) is 4.80. The Morgan fingerprint density at radius 2 is 1.91 bits per heavy atom. The number of nitriles is 1. The summed E-state index contributed by atoms with van der Waals surface area (Å²) in [6, 6.07) is 16.7.